The molecule has 0 fully saturated rings. The smallest absolute Gasteiger partial charge is 0.387 e. The molecule has 1 rings (SSSR count). The van der Waals surface area contributed by atoms with Gasteiger partial charge in [-0.2, -0.15) is 14.0 Å². The Morgan fingerprint density at radius 2 is 2.19 bits per heavy atom. The van der Waals surface area contributed by atoms with E-state index in [1.807, 2.05) is 0 Å². The second kappa shape index (κ2) is 4.57. The SMILES string of the molecule is Cc1c(OC(F)F)cc(C#N)cc1C(=O)O. The van der Waals surface area contributed by atoms with Crippen LogP contribution in [0.25, 0.3) is 0 Å². The van der Waals surface area contributed by atoms with Crippen LogP contribution in [0, 0.1) is 18.3 Å². The number of carbonyl (C=O) groups is 1. The van der Waals surface area contributed by atoms with Crippen LogP contribution in [0.3, 0.4) is 0 Å². The van der Waals surface area contributed by atoms with Gasteiger partial charge in [0, 0.05) is 5.56 Å². The van der Waals surface area contributed by atoms with Crippen LogP contribution in [-0.2, 0) is 0 Å². The predicted octanol–water partition coefficient (Wildman–Crippen LogP) is 2.17. The number of hydrogen-bond donors (Lipinski definition) is 1. The van der Waals surface area contributed by atoms with E-state index < -0.39 is 12.6 Å². The third kappa shape index (κ3) is 2.45. The van der Waals surface area contributed by atoms with Crippen LogP contribution in [0.2, 0.25) is 0 Å². The molecule has 0 saturated heterocycles. The number of carboxylic acids is 1. The Labute approximate surface area is 89.7 Å². The molecule has 0 aliphatic carbocycles. The molecule has 84 valence electrons. The summed E-state index contributed by atoms with van der Waals surface area (Å²) in [6, 6.07) is 3.86. The maximum absolute atomic E-state index is 12.0. The lowest BCUT2D eigenvalue weighted by atomic mass is 10.0. The van der Waals surface area contributed by atoms with Crippen molar-refractivity contribution in [2.24, 2.45) is 0 Å². The standard InChI is InChI=1S/C10H7F2NO3/c1-5-7(9(14)15)2-6(4-13)3-8(5)16-10(11)12/h2-3,10H,1H3,(H,14,15). The van der Waals surface area contributed by atoms with Crippen molar-refractivity contribution in [1.82, 2.24) is 0 Å². The van der Waals surface area contributed by atoms with Gasteiger partial charge in [0.1, 0.15) is 5.75 Å². The minimum Gasteiger partial charge on any atom is -0.478 e. The van der Waals surface area contributed by atoms with Gasteiger partial charge in [-0.1, -0.05) is 0 Å². The fourth-order valence-electron chi connectivity index (χ4n) is 1.19. The third-order valence-electron chi connectivity index (χ3n) is 1.94. The molecule has 0 aliphatic heterocycles. The first-order valence-electron chi connectivity index (χ1n) is 4.18. The number of benzene rings is 1. The molecule has 0 unspecified atom stereocenters. The van der Waals surface area contributed by atoms with Gasteiger partial charge in [-0.3, -0.25) is 0 Å². The van der Waals surface area contributed by atoms with Gasteiger partial charge in [-0.25, -0.2) is 4.79 Å². The highest BCUT2D eigenvalue weighted by molar-refractivity contribution is 5.90. The number of alkyl halides is 2. The Kier molecular flexibility index (Phi) is 3.40. The van der Waals surface area contributed by atoms with Gasteiger partial charge in [-0.05, 0) is 19.1 Å². The number of hydrogen-bond acceptors (Lipinski definition) is 3. The van der Waals surface area contributed by atoms with E-state index in [9.17, 15) is 13.6 Å². The van der Waals surface area contributed by atoms with Crippen molar-refractivity contribution in [1.29, 1.82) is 5.26 Å². The summed E-state index contributed by atoms with van der Waals surface area (Å²) in [4.78, 5) is 10.8. The van der Waals surface area contributed by atoms with Gasteiger partial charge in [0.15, 0.2) is 0 Å². The number of rotatable bonds is 3. The van der Waals surface area contributed by atoms with E-state index >= 15 is 0 Å². The average Bonchev–Trinajstić information content (AvgIpc) is 2.19. The van der Waals surface area contributed by atoms with Crippen LogP contribution in [0.4, 0.5) is 8.78 Å². The first kappa shape index (κ1) is 11.9. The Balaban J connectivity index is 3.32. The van der Waals surface area contributed by atoms with E-state index in [2.05, 4.69) is 4.74 Å². The van der Waals surface area contributed by atoms with E-state index in [-0.39, 0.29) is 22.4 Å². The van der Waals surface area contributed by atoms with Crippen LogP contribution in [0.15, 0.2) is 12.1 Å². The number of nitrogens with zero attached hydrogens (tertiary/aromatic N) is 1. The summed E-state index contributed by atoms with van der Waals surface area (Å²) < 4.78 is 28.2. The quantitative estimate of drug-likeness (QED) is 0.858. The molecule has 0 spiro atoms. The van der Waals surface area contributed by atoms with Crippen LogP contribution < -0.4 is 4.74 Å². The molecule has 0 aromatic heterocycles. The number of carboxylic acid groups (broad SMARTS) is 1. The maximum atomic E-state index is 12.0. The Bertz CT molecular complexity index is 466. The van der Waals surface area contributed by atoms with Gasteiger partial charge < -0.3 is 9.84 Å². The maximum Gasteiger partial charge on any atom is 0.387 e. The van der Waals surface area contributed by atoms with E-state index in [4.69, 9.17) is 10.4 Å². The monoisotopic (exact) mass is 227 g/mol. The summed E-state index contributed by atoms with van der Waals surface area (Å²) >= 11 is 0. The lowest BCUT2D eigenvalue weighted by molar-refractivity contribution is -0.0503. The number of aromatic carboxylic acids is 1. The summed E-state index contributed by atoms with van der Waals surface area (Å²) in [5.74, 6) is -1.60. The molecule has 0 atom stereocenters. The summed E-state index contributed by atoms with van der Waals surface area (Å²) in [6.45, 7) is -1.73. The Morgan fingerprint density at radius 3 is 2.62 bits per heavy atom. The van der Waals surface area contributed by atoms with Gasteiger partial charge in [0.2, 0.25) is 0 Å². The van der Waals surface area contributed by atoms with Crippen molar-refractivity contribution >= 4 is 5.97 Å². The molecule has 4 nitrogen and oxygen atoms in total. The lowest BCUT2D eigenvalue weighted by Crippen LogP contribution is -2.07. The normalized spacial score (nSPS) is 9.94. The zero-order valence-corrected chi connectivity index (χ0v) is 8.20. The highest BCUT2D eigenvalue weighted by atomic mass is 19.3. The second-order valence-electron chi connectivity index (χ2n) is 2.94. The summed E-state index contributed by atoms with van der Waals surface area (Å²) in [5.41, 5.74) is -0.208. The minimum atomic E-state index is -3.06. The van der Waals surface area contributed by atoms with Gasteiger partial charge >= 0.3 is 12.6 Å². The van der Waals surface area contributed by atoms with Crippen LogP contribution >= 0.6 is 0 Å². The molecular weight excluding hydrogens is 220 g/mol. The van der Waals surface area contributed by atoms with Crippen LogP contribution in [0.5, 0.6) is 5.75 Å². The molecule has 1 aromatic carbocycles. The number of nitriles is 1. The fourth-order valence-corrected chi connectivity index (χ4v) is 1.19. The van der Waals surface area contributed by atoms with E-state index in [1.165, 1.54) is 6.92 Å². The fraction of sp³-hybridized carbons (Fsp3) is 0.200. The predicted molar refractivity (Wildman–Crippen MR) is 49.5 cm³/mol. The van der Waals surface area contributed by atoms with Crippen LogP contribution in [0.1, 0.15) is 21.5 Å². The van der Waals surface area contributed by atoms with E-state index in [0.717, 1.165) is 12.1 Å². The summed E-state index contributed by atoms with van der Waals surface area (Å²) in [5, 5.41) is 17.4. The topological polar surface area (TPSA) is 70.3 Å². The molecular formula is C10H7F2NO3. The van der Waals surface area contributed by atoms with Gasteiger partial charge in [0.25, 0.3) is 0 Å². The molecule has 0 radical (unpaired) electrons. The van der Waals surface area contributed by atoms with Gasteiger partial charge in [-0.15, -0.1) is 0 Å². The molecule has 0 amide bonds. The zero-order valence-electron chi connectivity index (χ0n) is 8.20. The van der Waals surface area contributed by atoms with Gasteiger partial charge in [0.05, 0.1) is 17.2 Å². The van der Waals surface area contributed by atoms with Crippen molar-refractivity contribution < 1.29 is 23.4 Å². The molecule has 0 aliphatic rings. The third-order valence-corrected chi connectivity index (χ3v) is 1.94. The van der Waals surface area contributed by atoms with Crippen molar-refractivity contribution in [2.45, 2.75) is 13.5 Å². The number of halogens is 2. The molecule has 6 heteroatoms. The molecule has 0 bridgehead atoms. The average molecular weight is 227 g/mol. The van der Waals surface area contributed by atoms with Crippen molar-refractivity contribution in [3.05, 3.63) is 28.8 Å². The first-order valence-corrected chi connectivity index (χ1v) is 4.18. The molecule has 16 heavy (non-hydrogen) atoms. The zero-order chi connectivity index (χ0) is 12.3. The first-order chi connectivity index (χ1) is 7.45. The van der Waals surface area contributed by atoms with Crippen molar-refractivity contribution in [3.8, 4) is 11.8 Å². The summed E-state index contributed by atoms with van der Waals surface area (Å²) in [7, 11) is 0. The van der Waals surface area contributed by atoms with Crippen molar-refractivity contribution in [3.63, 3.8) is 0 Å². The van der Waals surface area contributed by atoms with E-state index in [0.29, 0.717) is 0 Å². The molecule has 1 aromatic rings. The molecule has 1 N–H and O–H groups in total. The highest BCUT2D eigenvalue weighted by Crippen LogP contribution is 2.25. The second-order valence-corrected chi connectivity index (χ2v) is 2.94. The Hall–Kier alpha value is -2.16. The largest absolute Gasteiger partial charge is 0.478 e. The number of ether oxygens (including phenoxy) is 1. The van der Waals surface area contributed by atoms with Crippen LogP contribution in [-0.4, -0.2) is 17.7 Å². The molecule has 0 saturated carbocycles. The Morgan fingerprint density at radius 1 is 1.56 bits per heavy atom. The minimum absolute atomic E-state index is 0.0429. The van der Waals surface area contributed by atoms with Crippen molar-refractivity contribution in [2.75, 3.05) is 0 Å². The van der Waals surface area contributed by atoms with E-state index in [1.54, 1.807) is 6.07 Å². The molecule has 0 heterocycles. The highest BCUT2D eigenvalue weighted by Gasteiger charge is 2.16. The lowest BCUT2D eigenvalue weighted by Gasteiger charge is -2.10. The summed E-state index contributed by atoms with van der Waals surface area (Å²) in [6.07, 6.45) is 0.